The predicted octanol–water partition coefficient (Wildman–Crippen LogP) is 0.949. The zero-order valence-corrected chi connectivity index (χ0v) is 7.60. The van der Waals surface area contributed by atoms with E-state index in [0.717, 1.165) is 0 Å². The van der Waals surface area contributed by atoms with Gasteiger partial charge in [0.05, 0.1) is 18.2 Å². The third kappa shape index (κ3) is 4.92. The predicted molar refractivity (Wildman–Crippen MR) is 52.7 cm³/mol. The van der Waals surface area contributed by atoms with Crippen molar-refractivity contribution in [3.63, 3.8) is 0 Å². The molecular formula is C9H14N2O2. The highest BCUT2D eigenvalue weighted by atomic mass is 16.4. The summed E-state index contributed by atoms with van der Waals surface area (Å²) in [6.45, 7) is 5.23. The normalized spacial score (nSPS) is 14.5. The van der Waals surface area contributed by atoms with Crippen LogP contribution in [0, 0.1) is 0 Å². The molecule has 0 aromatic heterocycles. The van der Waals surface area contributed by atoms with E-state index in [1.54, 1.807) is 19.2 Å². The molecule has 0 saturated carbocycles. The molecule has 13 heavy (non-hydrogen) atoms. The lowest BCUT2D eigenvalue weighted by molar-refractivity contribution is -0.137. The summed E-state index contributed by atoms with van der Waals surface area (Å²) < 4.78 is 0. The van der Waals surface area contributed by atoms with Crippen LogP contribution in [0.3, 0.4) is 0 Å². The van der Waals surface area contributed by atoms with Crippen LogP contribution >= 0.6 is 0 Å². The molecule has 1 atom stereocenters. The van der Waals surface area contributed by atoms with Gasteiger partial charge in [-0.05, 0) is 13.0 Å². The quantitative estimate of drug-likeness (QED) is 0.491. The van der Waals surface area contributed by atoms with Gasteiger partial charge in [0, 0.05) is 6.21 Å². The fraction of sp³-hybridized carbons (Fsp3) is 0.333. The van der Waals surface area contributed by atoms with Crippen molar-refractivity contribution in [2.75, 3.05) is 0 Å². The molecule has 0 rings (SSSR count). The molecular weight excluding hydrogens is 168 g/mol. The van der Waals surface area contributed by atoms with Crippen molar-refractivity contribution in [1.82, 2.24) is 0 Å². The molecule has 72 valence electrons. The molecule has 0 bridgehead atoms. The number of carboxylic acid groups (broad SMARTS) is 1. The van der Waals surface area contributed by atoms with Gasteiger partial charge in [-0.25, -0.2) is 0 Å². The van der Waals surface area contributed by atoms with Gasteiger partial charge in [0.15, 0.2) is 0 Å². The second-order valence-electron chi connectivity index (χ2n) is 2.42. The van der Waals surface area contributed by atoms with Gasteiger partial charge in [0.2, 0.25) is 0 Å². The summed E-state index contributed by atoms with van der Waals surface area (Å²) >= 11 is 0. The van der Waals surface area contributed by atoms with Gasteiger partial charge < -0.3 is 10.8 Å². The number of allylic oxidation sites excluding steroid dienone is 2. The Morgan fingerprint density at radius 3 is 2.77 bits per heavy atom. The number of hydrogen-bond acceptors (Lipinski definition) is 3. The summed E-state index contributed by atoms with van der Waals surface area (Å²) in [5.41, 5.74) is 6.11. The Hall–Kier alpha value is -1.42. The number of hydrogen-bond donors (Lipinski definition) is 2. The minimum Gasteiger partial charge on any atom is -0.481 e. The molecule has 0 amide bonds. The highest BCUT2D eigenvalue weighted by molar-refractivity contribution is 5.68. The van der Waals surface area contributed by atoms with E-state index < -0.39 is 12.0 Å². The van der Waals surface area contributed by atoms with E-state index in [9.17, 15) is 4.79 Å². The average Bonchev–Trinajstić information content (AvgIpc) is 2.02. The van der Waals surface area contributed by atoms with Crippen LogP contribution in [0.15, 0.2) is 29.4 Å². The van der Waals surface area contributed by atoms with Gasteiger partial charge in [-0.2, -0.15) is 0 Å². The van der Waals surface area contributed by atoms with Crippen molar-refractivity contribution < 1.29 is 9.90 Å². The first-order chi connectivity index (χ1) is 6.11. The summed E-state index contributed by atoms with van der Waals surface area (Å²) in [5, 5.41) is 8.48. The maximum absolute atomic E-state index is 10.3. The topological polar surface area (TPSA) is 75.7 Å². The molecule has 0 fully saturated rings. The van der Waals surface area contributed by atoms with E-state index in [1.165, 1.54) is 6.08 Å². The van der Waals surface area contributed by atoms with Gasteiger partial charge in [-0.15, -0.1) is 0 Å². The smallest absolute Gasteiger partial charge is 0.305 e. The summed E-state index contributed by atoms with van der Waals surface area (Å²) in [6, 6.07) is -0.577. The number of rotatable bonds is 5. The van der Waals surface area contributed by atoms with E-state index in [2.05, 4.69) is 11.6 Å². The molecule has 0 spiro atoms. The van der Waals surface area contributed by atoms with Crippen LogP contribution in [0.5, 0.6) is 0 Å². The molecule has 0 aliphatic rings. The summed E-state index contributed by atoms with van der Waals surface area (Å²) in [5.74, 6) is -0.936. The Morgan fingerprint density at radius 1 is 1.77 bits per heavy atom. The van der Waals surface area contributed by atoms with E-state index in [1.807, 2.05) is 0 Å². The molecule has 4 nitrogen and oxygen atoms in total. The molecule has 0 unspecified atom stereocenters. The Morgan fingerprint density at radius 2 is 2.38 bits per heavy atom. The molecule has 0 aliphatic heterocycles. The van der Waals surface area contributed by atoms with Crippen LogP contribution in [-0.2, 0) is 4.79 Å². The number of nitrogens with zero attached hydrogens (tertiary/aromatic N) is 1. The van der Waals surface area contributed by atoms with Gasteiger partial charge >= 0.3 is 5.97 Å². The number of carboxylic acids is 1. The van der Waals surface area contributed by atoms with Crippen molar-refractivity contribution in [2.45, 2.75) is 19.4 Å². The van der Waals surface area contributed by atoms with E-state index >= 15 is 0 Å². The third-order valence-electron chi connectivity index (χ3n) is 1.34. The van der Waals surface area contributed by atoms with E-state index in [4.69, 9.17) is 10.8 Å². The van der Waals surface area contributed by atoms with E-state index in [0.29, 0.717) is 5.70 Å². The van der Waals surface area contributed by atoms with Gasteiger partial charge in [0.25, 0.3) is 0 Å². The van der Waals surface area contributed by atoms with Crippen LogP contribution in [0.1, 0.15) is 13.3 Å². The second kappa shape index (κ2) is 6.14. The first kappa shape index (κ1) is 11.6. The fourth-order valence-electron chi connectivity index (χ4n) is 0.825. The van der Waals surface area contributed by atoms with Gasteiger partial charge in [-0.3, -0.25) is 9.79 Å². The first-order valence-electron chi connectivity index (χ1n) is 3.90. The van der Waals surface area contributed by atoms with Crippen molar-refractivity contribution >= 4 is 12.2 Å². The van der Waals surface area contributed by atoms with Crippen LogP contribution in [-0.4, -0.2) is 23.3 Å². The van der Waals surface area contributed by atoms with Crippen molar-refractivity contribution in [1.29, 1.82) is 0 Å². The second-order valence-corrected chi connectivity index (χ2v) is 2.42. The molecule has 0 heterocycles. The monoisotopic (exact) mass is 182 g/mol. The maximum Gasteiger partial charge on any atom is 0.305 e. The minimum atomic E-state index is -0.936. The molecule has 0 radical (unpaired) electrons. The lowest BCUT2D eigenvalue weighted by atomic mass is 10.1. The number of carbonyl (C=O) groups is 1. The SMILES string of the molecule is C=C/C=C(\N=CC)[C@H](N)CC(=O)O. The molecule has 0 saturated heterocycles. The molecule has 4 heteroatoms. The Kier molecular flexibility index (Phi) is 5.47. The summed E-state index contributed by atoms with van der Waals surface area (Å²) in [4.78, 5) is 14.3. The standard InChI is InChI=1S/C9H14N2O2/c1-3-5-8(11-4-2)7(10)6-9(12)13/h3-5,7H,1,6,10H2,2H3,(H,12,13)/b8-5-,11-4?/t7-/m1/s1. The summed E-state index contributed by atoms with van der Waals surface area (Å²) in [6.07, 6.45) is 4.58. The highest BCUT2D eigenvalue weighted by Gasteiger charge is 2.11. The highest BCUT2D eigenvalue weighted by Crippen LogP contribution is 2.05. The number of aliphatic carboxylic acids is 1. The molecule has 0 aliphatic carbocycles. The lowest BCUT2D eigenvalue weighted by Gasteiger charge is -2.08. The number of aliphatic imine (C=N–C) groups is 1. The third-order valence-corrected chi connectivity index (χ3v) is 1.34. The Bertz CT molecular complexity index is 244. The van der Waals surface area contributed by atoms with Crippen LogP contribution in [0.4, 0.5) is 0 Å². The fourth-order valence-corrected chi connectivity index (χ4v) is 0.825. The van der Waals surface area contributed by atoms with Gasteiger partial charge in [-0.1, -0.05) is 12.7 Å². The Labute approximate surface area is 77.5 Å². The minimum absolute atomic E-state index is 0.128. The molecule has 0 aromatic carbocycles. The van der Waals surface area contributed by atoms with Crippen molar-refractivity contribution in [3.8, 4) is 0 Å². The van der Waals surface area contributed by atoms with Crippen molar-refractivity contribution in [3.05, 3.63) is 24.4 Å². The molecule has 3 N–H and O–H groups in total. The first-order valence-corrected chi connectivity index (χ1v) is 3.90. The zero-order chi connectivity index (χ0) is 10.3. The largest absolute Gasteiger partial charge is 0.481 e. The van der Waals surface area contributed by atoms with Crippen LogP contribution < -0.4 is 5.73 Å². The van der Waals surface area contributed by atoms with Crippen molar-refractivity contribution in [2.24, 2.45) is 10.7 Å². The summed E-state index contributed by atoms with van der Waals surface area (Å²) in [7, 11) is 0. The Balaban J connectivity index is 4.45. The van der Waals surface area contributed by atoms with Gasteiger partial charge in [0.1, 0.15) is 0 Å². The maximum atomic E-state index is 10.3. The lowest BCUT2D eigenvalue weighted by Crippen LogP contribution is -2.25. The average molecular weight is 182 g/mol. The number of nitrogens with two attached hydrogens (primary N) is 1. The van der Waals surface area contributed by atoms with Crippen LogP contribution in [0.25, 0.3) is 0 Å². The molecule has 0 aromatic rings. The van der Waals surface area contributed by atoms with E-state index in [-0.39, 0.29) is 6.42 Å². The van der Waals surface area contributed by atoms with Crippen LogP contribution in [0.2, 0.25) is 0 Å². The zero-order valence-electron chi connectivity index (χ0n) is 7.60.